The molecule has 0 aliphatic heterocycles. The van der Waals surface area contributed by atoms with E-state index in [1.54, 1.807) is 0 Å². The zero-order valence-electron chi connectivity index (χ0n) is 7.54. The van der Waals surface area contributed by atoms with Crippen LogP contribution in [0.4, 0.5) is 0 Å². The van der Waals surface area contributed by atoms with Gasteiger partial charge in [-0.05, 0) is 11.6 Å². The van der Waals surface area contributed by atoms with Crippen LogP contribution >= 0.6 is 11.6 Å². The maximum atomic E-state index is 10.5. The number of hydrogen-bond acceptors (Lipinski definition) is 3. The number of aromatic nitrogens is 2. The van der Waals surface area contributed by atoms with Crippen molar-refractivity contribution >= 4 is 17.5 Å². The summed E-state index contributed by atoms with van der Waals surface area (Å²) < 4.78 is 0. The first-order valence-electron chi connectivity index (χ1n) is 3.89. The first-order valence-corrected chi connectivity index (χ1v) is 4.27. The minimum atomic E-state index is -0.105. The van der Waals surface area contributed by atoms with E-state index in [0.29, 0.717) is 12.1 Å². The molecule has 1 amide bonds. The Hall–Kier alpha value is -1.60. The number of amides is 1. The van der Waals surface area contributed by atoms with E-state index in [0.717, 1.165) is 0 Å². The molecule has 0 saturated carbocycles. The predicted molar refractivity (Wildman–Crippen MR) is 52.6 cm³/mol. The summed E-state index contributed by atoms with van der Waals surface area (Å²) in [7, 11) is 0. The Balaban J connectivity index is 2.51. The van der Waals surface area contributed by atoms with Crippen molar-refractivity contribution in [2.45, 2.75) is 6.92 Å². The van der Waals surface area contributed by atoms with Crippen LogP contribution in [0, 0.1) is 11.8 Å². The molecule has 1 rings (SSSR count). The van der Waals surface area contributed by atoms with Gasteiger partial charge in [0, 0.05) is 19.3 Å². The molecule has 1 aromatic rings. The Kier molecular flexibility index (Phi) is 3.89. The Bertz CT molecular complexity index is 377. The summed E-state index contributed by atoms with van der Waals surface area (Å²) in [5, 5.41) is 2.74. The Morgan fingerprint density at radius 3 is 2.79 bits per heavy atom. The van der Waals surface area contributed by atoms with Gasteiger partial charge in [-0.2, -0.15) is 0 Å². The normalized spacial score (nSPS) is 8.71. The van der Waals surface area contributed by atoms with E-state index in [2.05, 4.69) is 27.1 Å². The van der Waals surface area contributed by atoms with E-state index in [9.17, 15) is 4.79 Å². The van der Waals surface area contributed by atoms with E-state index in [4.69, 9.17) is 11.6 Å². The average molecular weight is 210 g/mol. The van der Waals surface area contributed by atoms with Gasteiger partial charge in [0.25, 0.3) is 0 Å². The molecule has 1 N–H and O–H groups in total. The minimum absolute atomic E-state index is 0.105. The lowest BCUT2D eigenvalue weighted by atomic mass is 10.3. The van der Waals surface area contributed by atoms with Gasteiger partial charge in [-0.3, -0.25) is 4.79 Å². The Morgan fingerprint density at radius 2 is 2.21 bits per heavy atom. The molecule has 72 valence electrons. The van der Waals surface area contributed by atoms with Gasteiger partial charge >= 0.3 is 0 Å². The second-order valence-electron chi connectivity index (χ2n) is 2.45. The van der Waals surface area contributed by atoms with Crippen molar-refractivity contribution in [3.8, 4) is 11.8 Å². The molecule has 0 saturated heterocycles. The highest BCUT2D eigenvalue weighted by atomic mass is 35.5. The third-order valence-corrected chi connectivity index (χ3v) is 1.47. The lowest BCUT2D eigenvalue weighted by Gasteiger charge is -1.91. The SMILES string of the molecule is CC(=O)NCC#Cc1cnc(Cl)nc1. The Labute approximate surface area is 86.7 Å². The summed E-state index contributed by atoms with van der Waals surface area (Å²) in [5.41, 5.74) is 0.666. The summed E-state index contributed by atoms with van der Waals surface area (Å²) in [4.78, 5) is 18.0. The summed E-state index contributed by atoms with van der Waals surface area (Å²) >= 11 is 5.49. The molecule has 0 fully saturated rings. The van der Waals surface area contributed by atoms with Gasteiger partial charge in [-0.1, -0.05) is 11.8 Å². The van der Waals surface area contributed by atoms with Gasteiger partial charge in [-0.25, -0.2) is 9.97 Å². The third kappa shape index (κ3) is 3.87. The number of rotatable bonds is 1. The molecular formula is C9H8ClN3O. The maximum Gasteiger partial charge on any atom is 0.222 e. The first kappa shape index (κ1) is 10.5. The van der Waals surface area contributed by atoms with Crippen molar-refractivity contribution in [3.63, 3.8) is 0 Å². The zero-order valence-corrected chi connectivity index (χ0v) is 8.30. The second-order valence-corrected chi connectivity index (χ2v) is 2.79. The van der Waals surface area contributed by atoms with Crippen LogP contribution in [0.1, 0.15) is 12.5 Å². The molecule has 0 aliphatic rings. The molecule has 0 atom stereocenters. The maximum absolute atomic E-state index is 10.5. The molecular weight excluding hydrogens is 202 g/mol. The van der Waals surface area contributed by atoms with Crippen molar-refractivity contribution in [2.24, 2.45) is 0 Å². The lowest BCUT2D eigenvalue weighted by molar-refractivity contribution is -0.118. The molecule has 0 bridgehead atoms. The van der Waals surface area contributed by atoms with Crippen molar-refractivity contribution < 1.29 is 4.79 Å². The number of halogens is 1. The number of carbonyl (C=O) groups is 1. The molecule has 1 heterocycles. The minimum Gasteiger partial charge on any atom is -0.345 e. The summed E-state index contributed by atoms with van der Waals surface area (Å²) in [6.45, 7) is 1.76. The van der Waals surface area contributed by atoms with Gasteiger partial charge in [0.2, 0.25) is 11.2 Å². The van der Waals surface area contributed by atoms with Crippen LogP contribution in [0.2, 0.25) is 5.28 Å². The summed E-state index contributed by atoms with van der Waals surface area (Å²) in [6.07, 6.45) is 3.05. The number of nitrogens with zero attached hydrogens (tertiary/aromatic N) is 2. The fraction of sp³-hybridized carbons (Fsp3) is 0.222. The van der Waals surface area contributed by atoms with Crippen molar-refractivity contribution in [1.82, 2.24) is 15.3 Å². The molecule has 0 unspecified atom stereocenters. The van der Waals surface area contributed by atoms with Crippen LogP contribution in [-0.2, 0) is 4.79 Å². The lowest BCUT2D eigenvalue weighted by Crippen LogP contribution is -2.19. The highest BCUT2D eigenvalue weighted by Crippen LogP contribution is 1.98. The van der Waals surface area contributed by atoms with Crippen LogP contribution < -0.4 is 5.32 Å². The zero-order chi connectivity index (χ0) is 10.4. The van der Waals surface area contributed by atoms with E-state index in [1.165, 1.54) is 19.3 Å². The number of nitrogens with one attached hydrogen (secondary N) is 1. The van der Waals surface area contributed by atoms with Crippen molar-refractivity contribution in [3.05, 3.63) is 23.2 Å². The highest BCUT2D eigenvalue weighted by molar-refractivity contribution is 6.28. The van der Waals surface area contributed by atoms with Crippen molar-refractivity contribution in [2.75, 3.05) is 6.54 Å². The number of hydrogen-bond donors (Lipinski definition) is 1. The first-order chi connectivity index (χ1) is 6.68. The van der Waals surface area contributed by atoms with E-state index < -0.39 is 0 Å². The highest BCUT2D eigenvalue weighted by Gasteiger charge is 1.89. The molecule has 14 heavy (non-hydrogen) atoms. The molecule has 0 spiro atoms. The van der Waals surface area contributed by atoms with Gasteiger partial charge in [0.1, 0.15) is 0 Å². The van der Waals surface area contributed by atoms with Crippen LogP contribution in [0.25, 0.3) is 0 Å². The fourth-order valence-corrected chi connectivity index (χ4v) is 0.789. The topological polar surface area (TPSA) is 54.9 Å². The third-order valence-electron chi connectivity index (χ3n) is 1.28. The molecule has 5 heteroatoms. The fourth-order valence-electron chi connectivity index (χ4n) is 0.692. The summed E-state index contributed by atoms with van der Waals surface area (Å²) in [5.74, 6) is 5.42. The standard InChI is InChI=1S/C9H8ClN3O/c1-7(14)11-4-2-3-8-5-12-9(10)13-6-8/h5-6H,4H2,1H3,(H,11,14). The van der Waals surface area contributed by atoms with Crippen LogP contribution in [0.15, 0.2) is 12.4 Å². The molecule has 4 nitrogen and oxygen atoms in total. The van der Waals surface area contributed by atoms with Gasteiger partial charge in [0.05, 0.1) is 12.1 Å². The predicted octanol–water partition coefficient (Wildman–Crippen LogP) is 0.618. The molecule has 0 radical (unpaired) electrons. The molecule has 0 aliphatic carbocycles. The van der Waals surface area contributed by atoms with Gasteiger partial charge in [-0.15, -0.1) is 0 Å². The summed E-state index contributed by atoms with van der Waals surface area (Å²) in [6, 6.07) is 0. The average Bonchev–Trinajstić information content (AvgIpc) is 2.15. The van der Waals surface area contributed by atoms with E-state index >= 15 is 0 Å². The van der Waals surface area contributed by atoms with Gasteiger partial charge in [0.15, 0.2) is 0 Å². The van der Waals surface area contributed by atoms with Crippen LogP contribution in [0.5, 0.6) is 0 Å². The molecule has 1 aromatic heterocycles. The van der Waals surface area contributed by atoms with Gasteiger partial charge < -0.3 is 5.32 Å². The second kappa shape index (κ2) is 5.20. The smallest absolute Gasteiger partial charge is 0.222 e. The molecule has 0 aromatic carbocycles. The largest absolute Gasteiger partial charge is 0.345 e. The Morgan fingerprint density at radius 1 is 1.57 bits per heavy atom. The number of carbonyl (C=O) groups excluding carboxylic acids is 1. The quantitative estimate of drug-likeness (QED) is 0.545. The van der Waals surface area contributed by atoms with E-state index in [-0.39, 0.29) is 11.2 Å². The van der Waals surface area contributed by atoms with Crippen LogP contribution in [0.3, 0.4) is 0 Å². The van der Waals surface area contributed by atoms with Crippen molar-refractivity contribution in [1.29, 1.82) is 0 Å². The monoisotopic (exact) mass is 209 g/mol. The van der Waals surface area contributed by atoms with Crippen LogP contribution in [-0.4, -0.2) is 22.4 Å². The van der Waals surface area contributed by atoms with E-state index in [1.807, 2.05) is 0 Å².